The molecule has 2 N–H and O–H groups in total. The second-order valence-electron chi connectivity index (χ2n) is 5.29. The Morgan fingerprint density at radius 1 is 1.21 bits per heavy atom. The Labute approximate surface area is 112 Å². The Morgan fingerprint density at radius 3 is 2.47 bits per heavy atom. The summed E-state index contributed by atoms with van der Waals surface area (Å²) in [7, 11) is 0. The second-order valence-corrected chi connectivity index (χ2v) is 5.29. The van der Waals surface area contributed by atoms with Gasteiger partial charge in [0, 0.05) is 37.8 Å². The van der Waals surface area contributed by atoms with E-state index in [1.807, 2.05) is 4.90 Å². The standard InChI is InChI=1S/C14H18FN3O/c15-12-4-3-11(9-13(12)16)17-5-7-18(8-6-17)14(19)10-1-2-10/h3-4,9-10H,1-2,5-8,16H2. The molecule has 0 spiro atoms. The van der Waals surface area contributed by atoms with E-state index >= 15 is 0 Å². The van der Waals surface area contributed by atoms with E-state index in [1.54, 1.807) is 12.1 Å². The average molecular weight is 263 g/mol. The topological polar surface area (TPSA) is 49.6 Å². The molecular formula is C14H18FN3O. The molecule has 2 fully saturated rings. The zero-order chi connectivity index (χ0) is 13.4. The van der Waals surface area contributed by atoms with Crippen LogP contribution in [0, 0.1) is 11.7 Å². The summed E-state index contributed by atoms with van der Waals surface area (Å²) < 4.78 is 13.1. The quantitative estimate of drug-likeness (QED) is 0.822. The highest BCUT2D eigenvalue weighted by molar-refractivity contribution is 5.81. The van der Waals surface area contributed by atoms with E-state index in [0.29, 0.717) is 5.91 Å². The zero-order valence-electron chi connectivity index (χ0n) is 10.8. The maximum absolute atomic E-state index is 13.1. The van der Waals surface area contributed by atoms with E-state index in [-0.39, 0.29) is 17.4 Å². The van der Waals surface area contributed by atoms with Crippen LogP contribution in [0.3, 0.4) is 0 Å². The van der Waals surface area contributed by atoms with Crippen LogP contribution in [-0.2, 0) is 4.79 Å². The summed E-state index contributed by atoms with van der Waals surface area (Å²) in [6.45, 7) is 3.05. The first-order valence-corrected chi connectivity index (χ1v) is 6.74. The van der Waals surface area contributed by atoms with Gasteiger partial charge >= 0.3 is 0 Å². The molecule has 1 amide bonds. The molecule has 0 radical (unpaired) electrons. The molecule has 0 aromatic heterocycles. The number of nitrogen functional groups attached to an aromatic ring is 1. The highest BCUT2D eigenvalue weighted by Crippen LogP contribution is 2.31. The van der Waals surface area contributed by atoms with Crippen molar-refractivity contribution in [3.05, 3.63) is 24.0 Å². The lowest BCUT2D eigenvalue weighted by atomic mass is 10.2. The van der Waals surface area contributed by atoms with Gasteiger partial charge in [0.1, 0.15) is 5.82 Å². The number of anilines is 2. The fourth-order valence-electron chi connectivity index (χ4n) is 2.50. The number of carbonyl (C=O) groups excluding carboxylic acids is 1. The molecule has 3 rings (SSSR count). The Kier molecular flexibility index (Phi) is 3.05. The molecule has 5 heteroatoms. The maximum atomic E-state index is 13.1. The molecule has 1 aliphatic heterocycles. The van der Waals surface area contributed by atoms with Crippen LogP contribution in [0.4, 0.5) is 15.8 Å². The summed E-state index contributed by atoms with van der Waals surface area (Å²) in [5.74, 6) is 0.206. The van der Waals surface area contributed by atoms with Crippen molar-refractivity contribution in [2.45, 2.75) is 12.8 Å². The van der Waals surface area contributed by atoms with Gasteiger partial charge in [-0.3, -0.25) is 4.79 Å². The lowest BCUT2D eigenvalue weighted by molar-refractivity contribution is -0.132. The minimum absolute atomic E-state index is 0.175. The number of hydrogen-bond acceptors (Lipinski definition) is 3. The molecule has 1 heterocycles. The zero-order valence-corrected chi connectivity index (χ0v) is 10.8. The van der Waals surface area contributed by atoms with Crippen LogP contribution in [0.25, 0.3) is 0 Å². The van der Waals surface area contributed by atoms with Crippen molar-refractivity contribution in [1.29, 1.82) is 0 Å². The summed E-state index contributed by atoms with van der Waals surface area (Å²) in [5, 5.41) is 0. The average Bonchev–Trinajstić information content (AvgIpc) is 3.26. The second kappa shape index (κ2) is 4.72. The Morgan fingerprint density at radius 2 is 1.89 bits per heavy atom. The summed E-state index contributed by atoms with van der Waals surface area (Å²) in [6.07, 6.45) is 2.10. The Hall–Kier alpha value is -1.78. The van der Waals surface area contributed by atoms with Gasteiger partial charge in [-0.15, -0.1) is 0 Å². The van der Waals surface area contributed by atoms with Gasteiger partial charge in [-0.25, -0.2) is 4.39 Å². The molecule has 19 heavy (non-hydrogen) atoms. The molecule has 1 aromatic rings. The van der Waals surface area contributed by atoms with Crippen molar-refractivity contribution >= 4 is 17.3 Å². The van der Waals surface area contributed by atoms with E-state index in [1.165, 1.54) is 6.07 Å². The van der Waals surface area contributed by atoms with Gasteiger partial charge in [0.25, 0.3) is 0 Å². The molecule has 2 aliphatic rings. The summed E-state index contributed by atoms with van der Waals surface area (Å²) in [6, 6.07) is 4.80. The van der Waals surface area contributed by atoms with E-state index in [2.05, 4.69) is 4.90 Å². The molecule has 0 unspecified atom stereocenters. The predicted octanol–water partition coefficient (Wildman–Crippen LogP) is 1.47. The molecule has 4 nitrogen and oxygen atoms in total. The molecular weight excluding hydrogens is 245 g/mol. The summed E-state index contributed by atoms with van der Waals surface area (Å²) in [4.78, 5) is 16.0. The number of nitrogens with zero attached hydrogens (tertiary/aromatic N) is 2. The summed E-state index contributed by atoms with van der Waals surface area (Å²) >= 11 is 0. The third-order valence-electron chi connectivity index (χ3n) is 3.86. The van der Waals surface area contributed by atoms with Crippen molar-refractivity contribution in [3.8, 4) is 0 Å². The van der Waals surface area contributed by atoms with Crippen molar-refractivity contribution in [3.63, 3.8) is 0 Å². The van der Waals surface area contributed by atoms with Crippen LogP contribution in [-0.4, -0.2) is 37.0 Å². The highest BCUT2D eigenvalue weighted by Gasteiger charge is 2.34. The maximum Gasteiger partial charge on any atom is 0.225 e. The highest BCUT2D eigenvalue weighted by atomic mass is 19.1. The largest absolute Gasteiger partial charge is 0.396 e. The number of rotatable bonds is 2. The molecule has 1 saturated heterocycles. The number of carbonyl (C=O) groups is 1. The number of hydrogen-bond donors (Lipinski definition) is 1. The molecule has 102 valence electrons. The molecule has 1 saturated carbocycles. The van der Waals surface area contributed by atoms with Gasteiger partial charge < -0.3 is 15.5 Å². The fraction of sp³-hybridized carbons (Fsp3) is 0.500. The van der Waals surface area contributed by atoms with E-state index in [4.69, 9.17) is 5.73 Å². The van der Waals surface area contributed by atoms with E-state index in [0.717, 1.165) is 44.7 Å². The Balaban J connectivity index is 1.62. The van der Waals surface area contributed by atoms with Crippen molar-refractivity contribution in [2.24, 2.45) is 5.92 Å². The van der Waals surface area contributed by atoms with E-state index < -0.39 is 0 Å². The first-order valence-electron chi connectivity index (χ1n) is 6.74. The number of nitrogens with two attached hydrogens (primary N) is 1. The predicted molar refractivity (Wildman–Crippen MR) is 72.3 cm³/mol. The van der Waals surface area contributed by atoms with Crippen LogP contribution in [0.1, 0.15) is 12.8 Å². The first-order chi connectivity index (χ1) is 9.15. The lowest BCUT2D eigenvalue weighted by Gasteiger charge is -2.36. The van der Waals surface area contributed by atoms with Crippen LogP contribution in [0.5, 0.6) is 0 Å². The number of halogens is 1. The van der Waals surface area contributed by atoms with Crippen molar-refractivity contribution in [2.75, 3.05) is 36.8 Å². The number of piperazine rings is 1. The van der Waals surface area contributed by atoms with E-state index in [9.17, 15) is 9.18 Å². The van der Waals surface area contributed by atoms with Crippen LogP contribution < -0.4 is 10.6 Å². The minimum Gasteiger partial charge on any atom is -0.396 e. The Bertz CT molecular complexity index is 493. The molecule has 0 atom stereocenters. The normalized spacial score (nSPS) is 19.6. The summed E-state index contributed by atoms with van der Waals surface area (Å²) in [5.41, 5.74) is 6.69. The van der Waals surface area contributed by atoms with Crippen LogP contribution in [0.2, 0.25) is 0 Å². The first kappa shape index (κ1) is 12.3. The molecule has 1 aromatic carbocycles. The third-order valence-corrected chi connectivity index (χ3v) is 3.86. The van der Waals surface area contributed by atoms with Gasteiger partial charge in [0.2, 0.25) is 5.91 Å². The molecule has 1 aliphatic carbocycles. The third kappa shape index (κ3) is 2.50. The molecule has 0 bridgehead atoms. The van der Waals surface area contributed by atoms with Crippen molar-refractivity contribution in [1.82, 2.24) is 4.90 Å². The minimum atomic E-state index is -0.383. The number of amides is 1. The van der Waals surface area contributed by atoms with Gasteiger partial charge in [-0.1, -0.05) is 0 Å². The number of benzene rings is 1. The van der Waals surface area contributed by atoms with Crippen LogP contribution in [0.15, 0.2) is 18.2 Å². The van der Waals surface area contributed by atoms with Crippen LogP contribution >= 0.6 is 0 Å². The SMILES string of the molecule is Nc1cc(N2CCN(C(=O)C3CC3)CC2)ccc1F. The van der Waals surface area contributed by atoms with Crippen molar-refractivity contribution < 1.29 is 9.18 Å². The van der Waals surface area contributed by atoms with Gasteiger partial charge in [-0.05, 0) is 31.0 Å². The van der Waals surface area contributed by atoms with Gasteiger partial charge in [0.05, 0.1) is 5.69 Å². The lowest BCUT2D eigenvalue weighted by Crippen LogP contribution is -2.49. The van der Waals surface area contributed by atoms with Gasteiger partial charge in [-0.2, -0.15) is 0 Å². The monoisotopic (exact) mass is 263 g/mol. The smallest absolute Gasteiger partial charge is 0.225 e. The fourth-order valence-corrected chi connectivity index (χ4v) is 2.50. The van der Waals surface area contributed by atoms with Gasteiger partial charge in [0.15, 0.2) is 0 Å².